The molecular formula is C14H20O3S. The molecule has 4 heteroatoms. The van der Waals surface area contributed by atoms with Crippen LogP contribution in [0.4, 0.5) is 0 Å². The third-order valence-corrected chi connectivity index (χ3v) is 3.21. The van der Waals surface area contributed by atoms with E-state index in [1.807, 2.05) is 44.4 Å². The van der Waals surface area contributed by atoms with E-state index in [1.54, 1.807) is 11.8 Å². The zero-order valence-electron chi connectivity index (χ0n) is 11.1. The topological polar surface area (TPSA) is 35.5 Å². The lowest BCUT2D eigenvalue weighted by Crippen LogP contribution is -2.20. The Hall–Kier alpha value is -0.840. The summed E-state index contributed by atoms with van der Waals surface area (Å²) in [4.78, 5) is 13.0. The molecule has 1 aromatic carbocycles. The van der Waals surface area contributed by atoms with Crippen LogP contribution in [0, 0.1) is 0 Å². The van der Waals surface area contributed by atoms with Crippen LogP contribution in [0.25, 0.3) is 0 Å². The minimum absolute atomic E-state index is 0.00556. The lowest BCUT2D eigenvalue weighted by Gasteiger charge is -2.12. The van der Waals surface area contributed by atoms with Gasteiger partial charge in [0.05, 0.1) is 12.7 Å². The zero-order chi connectivity index (χ0) is 13.4. The molecule has 0 bridgehead atoms. The molecule has 0 fully saturated rings. The third-order valence-electron chi connectivity index (χ3n) is 2.47. The maximum atomic E-state index is 11.8. The van der Waals surface area contributed by atoms with Crippen molar-refractivity contribution in [3.63, 3.8) is 0 Å². The fourth-order valence-corrected chi connectivity index (χ4v) is 1.82. The molecule has 3 nitrogen and oxygen atoms in total. The largest absolute Gasteiger partial charge is 0.379 e. The van der Waals surface area contributed by atoms with E-state index < -0.39 is 0 Å². The predicted octanol–water partition coefficient (Wildman–Crippen LogP) is 3.03. The van der Waals surface area contributed by atoms with Crippen molar-refractivity contribution in [2.75, 3.05) is 26.1 Å². The standard InChI is InChI=1S/C14H20O3S/c1-4-16-9-11(2)17-10-14(15)12-5-7-13(18-3)8-6-12/h5-8,11H,4,9-10H2,1-3H3. The van der Waals surface area contributed by atoms with Gasteiger partial charge in [-0.15, -0.1) is 11.8 Å². The van der Waals surface area contributed by atoms with Gasteiger partial charge in [0.1, 0.15) is 6.61 Å². The Balaban J connectivity index is 2.39. The van der Waals surface area contributed by atoms with Crippen LogP contribution >= 0.6 is 11.8 Å². The van der Waals surface area contributed by atoms with Gasteiger partial charge >= 0.3 is 0 Å². The molecule has 1 atom stereocenters. The molecule has 0 N–H and O–H groups in total. The lowest BCUT2D eigenvalue weighted by molar-refractivity contribution is 0.00115. The first-order valence-electron chi connectivity index (χ1n) is 6.04. The monoisotopic (exact) mass is 268 g/mol. The number of benzene rings is 1. The Morgan fingerprint density at radius 2 is 2.00 bits per heavy atom. The molecule has 0 amide bonds. The molecule has 100 valence electrons. The summed E-state index contributed by atoms with van der Waals surface area (Å²) in [5, 5.41) is 0. The number of ether oxygens (including phenoxy) is 2. The fraction of sp³-hybridized carbons (Fsp3) is 0.500. The van der Waals surface area contributed by atoms with Crippen molar-refractivity contribution in [3.8, 4) is 0 Å². The van der Waals surface area contributed by atoms with Crippen LogP contribution in [0.2, 0.25) is 0 Å². The van der Waals surface area contributed by atoms with Gasteiger partial charge in [-0.2, -0.15) is 0 Å². The highest BCUT2D eigenvalue weighted by Gasteiger charge is 2.09. The van der Waals surface area contributed by atoms with Gasteiger partial charge in [-0.3, -0.25) is 4.79 Å². The van der Waals surface area contributed by atoms with Gasteiger partial charge in [0, 0.05) is 17.1 Å². The van der Waals surface area contributed by atoms with E-state index in [0.717, 1.165) is 4.90 Å². The quantitative estimate of drug-likeness (QED) is 0.536. The first-order chi connectivity index (χ1) is 8.67. The van der Waals surface area contributed by atoms with Crippen LogP contribution in [0.15, 0.2) is 29.2 Å². The second-order valence-electron chi connectivity index (χ2n) is 3.93. The summed E-state index contributed by atoms with van der Waals surface area (Å²) in [5.41, 5.74) is 0.691. The van der Waals surface area contributed by atoms with E-state index in [4.69, 9.17) is 9.47 Å². The maximum Gasteiger partial charge on any atom is 0.188 e. The van der Waals surface area contributed by atoms with Crippen LogP contribution in [0.3, 0.4) is 0 Å². The minimum Gasteiger partial charge on any atom is -0.379 e. The molecule has 0 aliphatic rings. The Morgan fingerprint density at radius 3 is 2.56 bits per heavy atom. The summed E-state index contributed by atoms with van der Waals surface area (Å²) in [5.74, 6) is 0.00556. The normalized spacial score (nSPS) is 12.4. The fourth-order valence-electron chi connectivity index (χ4n) is 1.41. The van der Waals surface area contributed by atoms with Crippen LogP contribution in [-0.2, 0) is 9.47 Å². The van der Waals surface area contributed by atoms with Gasteiger partial charge in [0.2, 0.25) is 0 Å². The van der Waals surface area contributed by atoms with Crippen molar-refractivity contribution in [3.05, 3.63) is 29.8 Å². The van der Waals surface area contributed by atoms with E-state index in [1.165, 1.54) is 0 Å². The van der Waals surface area contributed by atoms with Gasteiger partial charge in [0.15, 0.2) is 5.78 Å². The Morgan fingerprint density at radius 1 is 1.33 bits per heavy atom. The average molecular weight is 268 g/mol. The molecule has 0 saturated heterocycles. The van der Waals surface area contributed by atoms with Crippen LogP contribution in [0.5, 0.6) is 0 Å². The van der Waals surface area contributed by atoms with Gasteiger partial charge in [-0.25, -0.2) is 0 Å². The predicted molar refractivity (Wildman–Crippen MR) is 74.5 cm³/mol. The number of carbonyl (C=O) groups excluding carboxylic acids is 1. The Kier molecular flexibility index (Phi) is 7.01. The third kappa shape index (κ3) is 5.21. The Bertz CT molecular complexity index is 362. The van der Waals surface area contributed by atoms with Crippen molar-refractivity contribution in [2.24, 2.45) is 0 Å². The van der Waals surface area contributed by atoms with Gasteiger partial charge in [0.25, 0.3) is 0 Å². The molecular weight excluding hydrogens is 248 g/mol. The first kappa shape index (κ1) is 15.2. The van der Waals surface area contributed by atoms with Crippen molar-refractivity contribution in [1.82, 2.24) is 0 Å². The molecule has 0 aromatic heterocycles. The van der Waals surface area contributed by atoms with Crippen molar-refractivity contribution in [2.45, 2.75) is 24.8 Å². The number of carbonyl (C=O) groups is 1. The van der Waals surface area contributed by atoms with Crippen molar-refractivity contribution in [1.29, 1.82) is 0 Å². The molecule has 0 spiro atoms. The molecule has 0 aliphatic carbocycles. The van der Waals surface area contributed by atoms with Crippen LogP contribution in [-0.4, -0.2) is 38.0 Å². The zero-order valence-corrected chi connectivity index (χ0v) is 12.0. The summed E-state index contributed by atoms with van der Waals surface area (Å²) >= 11 is 1.66. The van der Waals surface area contributed by atoms with Crippen molar-refractivity contribution >= 4 is 17.5 Å². The van der Waals surface area contributed by atoms with Gasteiger partial charge in [-0.05, 0) is 32.2 Å². The number of rotatable bonds is 8. The first-order valence-corrected chi connectivity index (χ1v) is 7.26. The van der Waals surface area contributed by atoms with E-state index in [-0.39, 0.29) is 18.5 Å². The molecule has 0 saturated carbocycles. The van der Waals surface area contributed by atoms with E-state index in [0.29, 0.717) is 18.8 Å². The highest BCUT2D eigenvalue weighted by Crippen LogP contribution is 2.15. The Labute approximate surface area is 113 Å². The SMILES string of the molecule is CCOCC(C)OCC(=O)c1ccc(SC)cc1. The number of ketones is 1. The van der Waals surface area contributed by atoms with E-state index >= 15 is 0 Å². The van der Waals surface area contributed by atoms with Gasteiger partial charge in [-0.1, -0.05) is 12.1 Å². The summed E-state index contributed by atoms with van der Waals surface area (Å²) in [7, 11) is 0. The molecule has 1 aromatic rings. The molecule has 0 heterocycles. The number of hydrogen-bond acceptors (Lipinski definition) is 4. The number of thioether (sulfide) groups is 1. The highest BCUT2D eigenvalue weighted by molar-refractivity contribution is 7.98. The van der Waals surface area contributed by atoms with Crippen molar-refractivity contribution < 1.29 is 14.3 Å². The van der Waals surface area contributed by atoms with Crippen LogP contribution in [0.1, 0.15) is 24.2 Å². The van der Waals surface area contributed by atoms with Gasteiger partial charge < -0.3 is 9.47 Å². The highest BCUT2D eigenvalue weighted by atomic mass is 32.2. The second kappa shape index (κ2) is 8.29. The second-order valence-corrected chi connectivity index (χ2v) is 4.81. The minimum atomic E-state index is -0.0561. The summed E-state index contributed by atoms with van der Waals surface area (Å²) < 4.78 is 10.7. The smallest absolute Gasteiger partial charge is 0.188 e. The van der Waals surface area contributed by atoms with Crippen LogP contribution < -0.4 is 0 Å². The summed E-state index contributed by atoms with van der Waals surface area (Å²) in [6, 6.07) is 7.57. The molecule has 0 radical (unpaired) electrons. The van der Waals surface area contributed by atoms with E-state index in [9.17, 15) is 4.79 Å². The number of Topliss-reactive ketones (excluding diaryl/α,β-unsaturated/α-hetero) is 1. The average Bonchev–Trinajstić information content (AvgIpc) is 2.42. The maximum absolute atomic E-state index is 11.8. The molecule has 1 unspecified atom stereocenters. The molecule has 0 aliphatic heterocycles. The molecule has 1 rings (SSSR count). The summed E-state index contributed by atoms with van der Waals surface area (Å²) in [6.07, 6.45) is 1.95. The summed E-state index contributed by atoms with van der Waals surface area (Å²) in [6.45, 7) is 5.13. The number of hydrogen-bond donors (Lipinski definition) is 0. The lowest BCUT2D eigenvalue weighted by atomic mass is 10.1. The molecule has 18 heavy (non-hydrogen) atoms. The van der Waals surface area contributed by atoms with E-state index in [2.05, 4.69) is 0 Å².